The summed E-state index contributed by atoms with van der Waals surface area (Å²) in [4.78, 5) is 16.9. The van der Waals surface area contributed by atoms with Crippen molar-refractivity contribution in [2.75, 3.05) is 9.62 Å². The van der Waals surface area contributed by atoms with Crippen LogP contribution in [0.2, 0.25) is 0 Å². The van der Waals surface area contributed by atoms with Crippen molar-refractivity contribution in [3.05, 3.63) is 84.3 Å². The quantitative estimate of drug-likeness (QED) is 0.251. The van der Waals surface area contributed by atoms with Gasteiger partial charge in [0, 0.05) is 30.7 Å². The van der Waals surface area contributed by atoms with E-state index in [2.05, 4.69) is 15.4 Å². The fourth-order valence-electron chi connectivity index (χ4n) is 3.32. The van der Waals surface area contributed by atoms with Gasteiger partial charge in [-0.2, -0.15) is 18.3 Å². The first-order valence-corrected chi connectivity index (χ1v) is 11.3. The normalized spacial score (nSPS) is 12.2. The molecule has 186 valence electrons. The highest BCUT2D eigenvalue weighted by Crippen LogP contribution is 2.36. The van der Waals surface area contributed by atoms with Gasteiger partial charge in [0.25, 0.3) is 17.2 Å². The van der Waals surface area contributed by atoms with E-state index in [0.717, 1.165) is 16.4 Å². The van der Waals surface area contributed by atoms with Gasteiger partial charge in [0.1, 0.15) is 11.4 Å². The Morgan fingerprint density at radius 1 is 1.08 bits per heavy atom. The van der Waals surface area contributed by atoms with E-state index in [1.165, 1.54) is 65.7 Å². The first-order chi connectivity index (χ1) is 17.0. The number of phenolic OH excluding ortho intramolecular Hbond substituents is 1. The molecule has 36 heavy (non-hydrogen) atoms. The van der Waals surface area contributed by atoms with E-state index in [0.29, 0.717) is 11.3 Å². The molecule has 0 fully saturated rings. The van der Waals surface area contributed by atoms with Crippen molar-refractivity contribution in [1.29, 1.82) is 0 Å². The third kappa shape index (κ3) is 5.37. The number of amides is 1. The smallest absolute Gasteiger partial charge is 0.416 e. The molecule has 2 heterocycles. The lowest BCUT2D eigenvalue weighted by Gasteiger charge is -2.20. The third-order valence-electron chi connectivity index (χ3n) is 5.07. The summed E-state index contributed by atoms with van der Waals surface area (Å²) in [7, 11) is 1.62. The average Bonchev–Trinajstić information content (AvgIpc) is 3.26. The minimum atomic E-state index is -4.44. The number of phenols is 1. The van der Waals surface area contributed by atoms with Gasteiger partial charge in [-0.05, 0) is 42.5 Å². The fourth-order valence-corrected chi connectivity index (χ4v) is 3.91. The number of carbonyl (C=O) groups excluding carboxylic acids is 1. The number of nitrogens with one attached hydrogen (secondary N) is 1. The van der Waals surface area contributed by atoms with Crippen LogP contribution in [0.25, 0.3) is 11.3 Å². The minimum absolute atomic E-state index is 0.0441. The molecule has 4 rings (SSSR count). The number of aromatic hydroxyl groups is 1. The van der Waals surface area contributed by atoms with Gasteiger partial charge in [-0.1, -0.05) is 12.1 Å². The van der Waals surface area contributed by atoms with E-state index in [1.807, 2.05) is 0 Å². The van der Waals surface area contributed by atoms with Crippen LogP contribution in [-0.2, 0) is 24.5 Å². The van der Waals surface area contributed by atoms with Gasteiger partial charge in [-0.15, -0.1) is 0 Å². The summed E-state index contributed by atoms with van der Waals surface area (Å²) in [6.45, 7) is 0. The molecule has 0 saturated heterocycles. The van der Waals surface area contributed by atoms with Gasteiger partial charge in [0.15, 0.2) is 0 Å². The van der Waals surface area contributed by atoms with Crippen molar-refractivity contribution in [3.8, 4) is 17.0 Å². The second-order valence-electron chi connectivity index (χ2n) is 7.56. The van der Waals surface area contributed by atoms with Crippen LogP contribution in [-0.4, -0.2) is 34.5 Å². The highest BCUT2D eigenvalue weighted by atomic mass is 32.2. The topological polar surface area (TPSA) is 121 Å². The van der Waals surface area contributed by atoms with Crippen molar-refractivity contribution in [3.63, 3.8) is 0 Å². The number of aryl methyl sites for hydroxylation is 1. The van der Waals surface area contributed by atoms with Gasteiger partial charge >= 0.3 is 6.18 Å². The molecule has 1 atom stereocenters. The summed E-state index contributed by atoms with van der Waals surface area (Å²) in [5.41, 5.74) is 0.629. The van der Waals surface area contributed by atoms with Crippen molar-refractivity contribution in [1.82, 2.24) is 14.8 Å². The number of pyridine rings is 1. The Balaban J connectivity index is 1.53. The van der Waals surface area contributed by atoms with Crippen LogP contribution in [0.4, 0.5) is 30.2 Å². The number of benzene rings is 2. The van der Waals surface area contributed by atoms with E-state index in [9.17, 15) is 31.8 Å². The molecule has 0 aliphatic rings. The summed E-state index contributed by atoms with van der Waals surface area (Å²) in [6.07, 6.45) is -0.358. The molecular formula is C23H18F3N5O4S. The predicted octanol–water partition coefficient (Wildman–Crippen LogP) is 4.73. The summed E-state index contributed by atoms with van der Waals surface area (Å²) in [6, 6.07) is 11.4. The standard InChI is InChI=1S/C23H18F3N5O4S/c1-30-13-18(12-28-30)31(36(34)35)20-10-17(7-9-21(20)32)29-22(33)15-4-8-19(27-11-15)14-2-5-16(6-3-14)23(24,25)26/h2-13,32H,1H3,(H,29,33)(H,34,35). The first kappa shape index (κ1) is 24.9. The largest absolute Gasteiger partial charge is 0.506 e. The Kier molecular flexibility index (Phi) is 6.77. The fraction of sp³-hybridized carbons (Fsp3) is 0.0870. The number of alkyl halides is 3. The third-order valence-corrected chi connectivity index (χ3v) is 5.79. The van der Waals surface area contributed by atoms with Crippen LogP contribution < -0.4 is 9.62 Å². The molecule has 1 amide bonds. The molecule has 13 heteroatoms. The molecule has 9 nitrogen and oxygen atoms in total. The van der Waals surface area contributed by atoms with Crippen LogP contribution in [0, 0.1) is 0 Å². The van der Waals surface area contributed by atoms with Crippen LogP contribution >= 0.6 is 0 Å². The lowest BCUT2D eigenvalue weighted by atomic mass is 10.1. The van der Waals surface area contributed by atoms with Crippen LogP contribution in [0.3, 0.4) is 0 Å². The SMILES string of the molecule is Cn1cc(N(c2cc(NC(=O)c3ccc(-c4ccc(C(F)(F)F)cc4)nc3)ccc2O)S(=O)O)cn1. The zero-order chi connectivity index (χ0) is 26.0. The molecule has 0 spiro atoms. The van der Waals surface area contributed by atoms with Gasteiger partial charge < -0.3 is 10.4 Å². The van der Waals surface area contributed by atoms with Crippen LogP contribution in [0.15, 0.2) is 73.2 Å². The molecule has 4 aromatic rings. The van der Waals surface area contributed by atoms with E-state index >= 15 is 0 Å². The van der Waals surface area contributed by atoms with Crippen molar-refractivity contribution < 1.29 is 31.8 Å². The highest BCUT2D eigenvalue weighted by Gasteiger charge is 2.30. The zero-order valence-electron chi connectivity index (χ0n) is 18.5. The van der Waals surface area contributed by atoms with E-state index in [4.69, 9.17) is 0 Å². The summed E-state index contributed by atoms with van der Waals surface area (Å²) >= 11 is -2.55. The molecule has 2 aromatic heterocycles. The lowest BCUT2D eigenvalue weighted by Crippen LogP contribution is -2.19. The Morgan fingerprint density at radius 3 is 2.36 bits per heavy atom. The predicted molar refractivity (Wildman–Crippen MR) is 127 cm³/mol. The van der Waals surface area contributed by atoms with Crippen molar-refractivity contribution >= 4 is 34.2 Å². The highest BCUT2D eigenvalue weighted by molar-refractivity contribution is 7.81. The monoisotopic (exact) mass is 517 g/mol. The second-order valence-corrected chi connectivity index (χ2v) is 8.39. The van der Waals surface area contributed by atoms with Crippen LogP contribution in [0.5, 0.6) is 5.75 Å². The second kappa shape index (κ2) is 9.79. The van der Waals surface area contributed by atoms with Gasteiger partial charge in [0.05, 0.1) is 28.7 Å². The molecule has 2 aromatic carbocycles. The minimum Gasteiger partial charge on any atom is -0.506 e. The lowest BCUT2D eigenvalue weighted by molar-refractivity contribution is -0.137. The Bertz CT molecular complexity index is 1420. The zero-order valence-corrected chi connectivity index (χ0v) is 19.3. The molecule has 3 N–H and O–H groups in total. The molecule has 0 aliphatic heterocycles. The Labute approximate surface area is 205 Å². The Morgan fingerprint density at radius 2 is 1.81 bits per heavy atom. The number of halogens is 3. The number of rotatable bonds is 6. The Hall–Kier alpha value is -4.23. The number of anilines is 3. The van der Waals surface area contributed by atoms with Crippen molar-refractivity contribution in [2.45, 2.75) is 6.18 Å². The van der Waals surface area contributed by atoms with Gasteiger partial charge in [-0.3, -0.25) is 19.0 Å². The van der Waals surface area contributed by atoms with Crippen LogP contribution in [0.1, 0.15) is 15.9 Å². The maximum Gasteiger partial charge on any atom is 0.416 e. The number of hydrogen-bond acceptors (Lipinski definition) is 5. The molecular weight excluding hydrogens is 499 g/mol. The molecule has 0 radical (unpaired) electrons. The summed E-state index contributed by atoms with van der Waals surface area (Å²) in [5.74, 6) is -0.863. The van der Waals surface area contributed by atoms with E-state index in [-0.39, 0.29) is 28.4 Å². The molecule has 0 aliphatic carbocycles. The summed E-state index contributed by atoms with van der Waals surface area (Å²) < 4.78 is 62.4. The average molecular weight is 517 g/mol. The number of nitrogens with zero attached hydrogens (tertiary/aromatic N) is 4. The first-order valence-electron chi connectivity index (χ1n) is 10.2. The van der Waals surface area contributed by atoms with E-state index in [1.54, 1.807) is 7.05 Å². The maximum absolute atomic E-state index is 12.8. The molecule has 1 unspecified atom stereocenters. The van der Waals surface area contributed by atoms with E-state index < -0.39 is 28.9 Å². The molecule has 0 bridgehead atoms. The van der Waals surface area contributed by atoms with Gasteiger partial charge in [0.2, 0.25) is 0 Å². The number of aromatic nitrogens is 3. The molecule has 0 saturated carbocycles. The summed E-state index contributed by atoms with van der Waals surface area (Å²) in [5, 5.41) is 16.8. The van der Waals surface area contributed by atoms with Crippen molar-refractivity contribution in [2.24, 2.45) is 7.05 Å². The van der Waals surface area contributed by atoms with Gasteiger partial charge in [-0.25, -0.2) is 8.51 Å². The maximum atomic E-state index is 12.8. The number of hydrogen-bond donors (Lipinski definition) is 3. The number of carbonyl (C=O) groups is 1.